The van der Waals surface area contributed by atoms with Gasteiger partial charge in [0.25, 0.3) is 0 Å². The maximum absolute atomic E-state index is 10.8. The van der Waals surface area contributed by atoms with Crippen molar-refractivity contribution in [3.63, 3.8) is 0 Å². The molecule has 1 aromatic rings. The Kier molecular flexibility index (Phi) is 7.33. The van der Waals surface area contributed by atoms with Crippen LogP contribution in [0.3, 0.4) is 0 Å². The fourth-order valence-electron chi connectivity index (χ4n) is 2.99. The molecule has 1 heterocycles. The molecule has 0 saturated carbocycles. The summed E-state index contributed by atoms with van der Waals surface area (Å²) in [5, 5.41) is 8.91. The zero-order valence-electron chi connectivity index (χ0n) is 13.6. The fourth-order valence-corrected chi connectivity index (χ4v) is 3.39. The maximum atomic E-state index is 10.8. The number of nitrogens with zero attached hydrogens (tertiary/aromatic N) is 2. The number of benzene rings is 1. The van der Waals surface area contributed by atoms with E-state index in [1.165, 1.54) is 0 Å². The zero-order chi connectivity index (χ0) is 16.7. The van der Waals surface area contributed by atoms with E-state index in [0.717, 1.165) is 49.1 Å². The molecule has 1 aliphatic rings. The predicted octanol–water partition coefficient (Wildman–Crippen LogP) is 2.70. The number of carboxylic acid groups (broad SMARTS) is 1. The number of hydrogen-bond donors (Lipinski definition) is 1. The van der Waals surface area contributed by atoms with E-state index in [1.54, 1.807) is 0 Å². The number of hydrogen-bond acceptors (Lipinski definition) is 4. The molecule has 0 aromatic heterocycles. The van der Waals surface area contributed by atoms with Crippen molar-refractivity contribution in [2.75, 3.05) is 39.8 Å². The summed E-state index contributed by atoms with van der Waals surface area (Å²) in [5.74, 6) is 0.122. The first-order chi connectivity index (χ1) is 11.1. The number of halogens is 1. The van der Waals surface area contributed by atoms with E-state index in [1.807, 2.05) is 36.2 Å². The first kappa shape index (κ1) is 18.2. The standard InChI is InChI=1S/C17H25BrN2O3/c1-19(13-17(21)22)14-5-4-9-20(10-8-14)11-12-23-16-7-3-2-6-15(16)18/h2-3,6-7,14H,4-5,8-13H2,1H3,(H,21,22). The van der Waals surface area contributed by atoms with Crippen LogP contribution in [0.1, 0.15) is 19.3 Å². The highest BCUT2D eigenvalue weighted by molar-refractivity contribution is 9.10. The molecule has 0 bridgehead atoms. The third kappa shape index (κ3) is 6.12. The van der Waals surface area contributed by atoms with E-state index in [-0.39, 0.29) is 6.54 Å². The van der Waals surface area contributed by atoms with E-state index >= 15 is 0 Å². The monoisotopic (exact) mass is 384 g/mol. The summed E-state index contributed by atoms with van der Waals surface area (Å²) in [6.07, 6.45) is 3.17. The van der Waals surface area contributed by atoms with Gasteiger partial charge in [0.1, 0.15) is 12.4 Å². The van der Waals surface area contributed by atoms with Gasteiger partial charge in [-0.15, -0.1) is 0 Å². The van der Waals surface area contributed by atoms with E-state index in [0.29, 0.717) is 12.6 Å². The van der Waals surface area contributed by atoms with E-state index in [9.17, 15) is 4.79 Å². The van der Waals surface area contributed by atoms with Crippen molar-refractivity contribution in [2.24, 2.45) is 0 Å². The number of carboxylic acids is 1. The normalized spacial score (nSPS) is 19.5. The Hall–Kier alpha value is -1.11. The van der Waals surface area contributed by atoms with Gasteiger partial charge >= 0.3 is 5.97 Å². The van der Waals surface area contributed by atoms with Gasteiger partial charge < -0.3 is 9.84 Å². The average Bonchev–Trinajstić information content (AvgIpc) is 2.74. The Balaban J connectivity index is 1.73. The van der Waals surface area contributed by atoms with Crippen LogP contribution in [0.2, 0.25) is 0 Å². The molecule has 1 unspecified atom stereocenters. The summed E-state index contributed by atoms with van der Waals surface area (Å²) in [4.78, 5) is 15.2. The second kappa shape index (κ2) is 9.25. The number of ether oxygens (including phenoxy) is 1. The summed E-state index contributed by atoms with van der Waals surface area (Å²) in [5.41, 5.74) is 0. The minimum Gasteiger partial charge on any atom is -0.491 e. The van der Waals surface area contributed by atoms with Crippen LogP contribution in [-0.2, 0) is 4.79 Å². The molecule has 23 heavy (non-hydrogen) atoms. The topological polar surface area (TPSA) is 53.0 Å². The number of para-hydroxylation sites is 1. The molecule has 6 heteroatoms. The van der Waals surface area contributed by atoms with E-state index in [4.69, 9.17) is 9.84 Å². The Bertz CT molecular complexity index is 512. The molecule has 1 atom stereocenters. The molecule has 0 radical (unpaired) electrons. The first-order valence-electron chi connectivity index (χ1n) is 8.08. The van der Waals surface area contributed by atoms with Crippen molar-refractivity contribution < 1.29 is 14.6 Å². The summed E-state index contributed by atoms with van der Waals surface area (Å²) in [6.45, 7) is 3.73. The number of carbonyl (C=O) groups is 1. The molecule has 128 valence electrons. The van der Waals surface area contributed by atoms with E-state index in [2.05, 4.69) is 20.8 Å². The summed E-state index contributed by atoms with van der Waals surface area (Å²) >= 11 is 3.49. The molecule has 0 aliphatic carbocycles. The first-order valence-corrected chi connectivity index (χ1v) is 8.87. The van der Waals surface area contributed by atoms with Crippen LogP contribution in [0.5, 0.6) is 5.75 Å². The highest BCUT2D eigenvalue weighted by Gasteiger charge is 2.21. The van der Waals surface area contributed by atoms with Crippen molar-refractivity contribution in [2.45, 2.75) is 25.3 Å². The second-order valence-corrected chi connectivity index (χ2v) is 6.87. The van der Waals surface area contributed by atoms with Gasteiger partial charge in [-0.05, 0) is 67.5 Å². The van der Waals surface area contributed by atoms with Gasteiger partial charge in [-0.3, -0.25) is 14.6 Å². The molecular weight excluding hydrogens is 360 g/mol. The Morgan fingerprint density at radius 1 is 1.39 bits per heavy atom. The predicted molar refractivity (Wildman–Crippen MR) is 94.0 cm³/mol. The highest BCUT2D eigenvalue weighted by atomic mass is 79.9. The maximum Gasteiger partial charge on any atom is 0.317 e. The van der Waals surface area contributed by atoms with Crippen LogP contribution < -0.4 is 4.74 Å². The van der Waals surface area contributed by atoms with Crippen LogP contribution >= 0.6 is 15.9 Å². The Morgan fingerprint density at radius 2 is 2.17 bits per heavy atom. The van der Waals surface area contributed by atoms with Crippen LogP contribution in [0.4, 0.5) is 0 Å². The summed E-state index contributed by atoms with van der Waals surface area (Å²) in [6, 6.07) is 8.24. The van der Waals surface area contributed by atoms with Gasteiger partial charge in [-0.2, -0.15) is 0 Å². The lowest BCUT2D eigenvalue weighted by Gasteiger charge is -2.25. The molecule has 0 amide bonds. The van der Waals surface area contributed by atoms with Crippen molar-refractivity contribution in [1.82, 2.24) is 9.80 Å². The third-order valence-corrected chi connectivity index (χ3v) is 4.96. The lowest BCUT2D eigenvalue weighted by atomic mass is 10.1. The lowest BCUT2D eigenvalue weighted by Crippen LogP contribution is -2.37. The smallest absolute Gasteiger partial charge is 0.317 e. The van der Waals surface area contributed by atoms with Gasteiger partial charge in [0.15, 0.2) is 0 Å². The number of likely N-dealkylation sites (tertiary alicyclic amines) is 1. The minimum atomic E-state index is -0.754. The molecule has 5 nitrogen and oxygen atoms in total. The molecule has 1 N–H and O–H groups in total. The number of aliphatic carboxylic acids is 1. The lowest BCUT2D eigenvalue weighted by molar-refractivity contribution is -0.138. The zero-order valence-corrected chi connectivity index (χ0v) is 15.2. The number of likely N-dealkylation sites (N-methyl/N-ethyl adjacent to an activating group) is 1. The van der Waals surface area contributed by atoms with Gasteiger partial charge in [0, 0.05) is 12.6 Å². The second-order valence-electron chi connectivity index (χ2n) is 6.01. The molecule has 1 saturated heterocycles. The number of rotatable bonds is 7. The molecular formula is C17H25BrN2O3. The minimum absolute atomic E-state index is 0.121. The molecule has 1 aromatic carbocycles. The SMILES string of the molecule is CN(CC(=O)O)C1CCCN(CCOc2ccccc2Br)CC1. The van der Waals surface area contributed by atoms with Crippen LogP contribution in [0.25, 0.3) is 0 Å². The van der Waals surface area contributed by atoms with Crippen molar-refractivity contribution in [3.05, 3.63) is 28.7 Å². The van der Waals surface area contributed by atoms with Gasteiger partial charge in [0.2, 0.25) is 0 Å². The third-order valence-electron chi connectivity index (χ3n) is 4.30. The van der Waals surface area contributed by atoms with Gasteiger partial charge in [-0.1, -0.05) is 12.1 Å². The average molecular weight is 385 g/mol. The Morgan fingerprint density at radius 3 is 2.91 bits per heavy atom. The molecule has 1 aliphatic heterocycles. The van der Waals surface area contributed by atoms with Gasteiger partial charge in [0.05, 0.1) is 11.0 Å². The highest BCUT2D eigenvalue weighted by Crippen LogP contribution is 2.23. The molecule has 1 fully saturated rings. The van der Waals surface area contributed by atoms with Crippen LogP contribution in [0, 0.1) is 0 Å². The largest absolute Gasteiger partial charge is 0.491 e. The quantitative estimate of drug-likeness (QED) is 0.782. The fraction of sp³-hybridized carbons (Fsp3) is 0.588. The summed E-state index contributed by atoms with van der Waals surface area (Å²) < 4.78 is 6.81. The molecule has 0 spiro atoms. The van der Waals surface area contributed by atoms with Crippen molar-refractivity contribution in [1.29, 1.82) is 0 Å². The van der Waals surface area contributed by atoms with Gasteiger partial charge in [-0.25, -0.2) is 0 Å². The Labute approximate surface area is 146 Å². The summed E-state index contributed by atoms with van der Waals surface area (Å²) in [7, 11) is 1.91. The van der Waals surface area contributed by atoms with Crippen molar-refractivity contribution >= 4 is 21.9 Å². The van der Waals surface area contributed by atoms with Crippen LogP contribution in [0.15, 0.2) is 28.7 Å². The van der Waals surface area contributed by atoms with Crippen molar-refractivity contribution in [3.8, 4) is 5.75 Å². The van der Waals surface area contributed by atoms with E-state index < -0.39 is 5.97 Å². The molecule has 2 rings (SSSR count). The van der Waals surface area contributed by atoms with Crippen LogP contribution in [-0.4, -0.2) is 66.8 Å².